The zero-order valence-electron chi connectivity index (χ0n) is 13.6. The van der Waals surface area contributed by atoms with Crippen LogP contribution < -0.4 is 5.32 Å². The Hall–Kier alpha value is -3.13. The first-order valence-electron chi connectivity index (χ1n) is 8.16. The topological polar surface area (TPSA) is 90.2 Å². The van der Waals surface area contributed by atoms with Crippen molar-refractivity contribution in [1.82, 2.24) is 0 Å². The summed E-state index contributed by atoms with van der Waals surface area (Å²) in [7, 11) is 0. The number of amides is 1. The summed E-state index contributed by atoms with van der Waals surface area (Å²) in [6.45, 7) is 0. The molecule has 1 atom stereocenters. The zero-order chi connectivity index (χ0) is 17.9. The van der Waals surface area contributed by atoms with E-state index in [4.69, 9.17) is 0 Å². The first-order valence-corrected chi connectivity index (χ1v) is 8.16. The molecule has 0 heterocycles. The molecule has 1 fully saturated rings. The number of anilines is 1. The second kappa shape index (κ2) is 6.78. The predicted molar refractivity (Wildman–Crippen MR) is 92.9 cm³/mol. The van der Waals surface area contributed by atoms with Gasteiger partial charge in [0.15, 0.2) is 0 Å². The molecule has 2 aromatic rings. The van der Waals surface area contributed by atoms with Gasteiger partial charge in [-0.2, -0.15) is 5.26 Å². The lowest BCUT2D eigenvalue weighted by molar-refractivity contribution is -0.159. The third-order valence-corrected chi connectivity index (χ3v) is 4.82. The lowest BCUT2D eigenvalue weighted by Gasteiger charge is -2.35. The van der Waals surface area contributed by atoms with Gasteiger partial charge in [0.25, 0.3) is 0 Å². The fourth-order valence-corrected chi connectivity index (χ4v) is 3.07. The summed E-state index contributed by atoms with van der Waals surface area (Å²) in [6, 6.07) is 18.7. The molecule has 5 nitrogen and oxygen atoms in total. The smallest absolute Gasteiger partial charge is 0.319 e. The first-order chi connectivity index (χ1) is 12.1. The minimum absolute atomic E-state index is 0.372. The molecule has 1 aliphatic rings. The van der Waals surface area contributed by atoms with Crippen LogP contribution in [0.2, 0.25) is 0 Å². The van der Waals surface area contributed by atoms with Crippen molar-refractivity contribution in [3.8, 4) is 6.07 Å². The lowest BCUT2D eigenvalue weighted by Crippen LogP contribution is -2.48. The predicted octanol–water partition coefficient (Wildman–Crippen LogP) is 3.54. The molecule has 25 heavy (non-hydrogen) atoms. The number of carbonyl (C=O) groups excluding carboxylic acids is 1. The van der Waals surface area contributed by atoms with Crippen LogP contribution in [0.15, 0.2) is 54.6 Å². The number of nitrogens with zero attached hydrogens (tertiary/aromatic N) is 1. The highest BCUT2D eigenvalue weighted by molar-refractivity contribution is 6.09. The van der Waals surface area contributed by atoms with Crippen molar-refractivity contribution in [3.63, 3.8) is 0 Å². The van der Waals surface area contributed by atoms with Crippen molar-refractivity contribution in [2.24, 2.45) is 5.41 Å². The van der Waals surface area contributed by atoms with E-state index in [1.807, 2.05) is 30.3 Å². The number of nitrogens with one attached hydrogen (secondary N) is 1. The van der Waals surface area contributed by atoms with E-state index in [2.05, 4.69) is 11.4 Å². The quantitative estimate of drug-likeness (QED) is 0.818. The first kappa shape index (κ1) is 16.7. The maximum absolute atomic E-state index is 12.3. The van der Waals surface area contributed by atoms with E-state index in [9.17, 15) is 20.0 Å². The van der Waals surface area contributed by atoms with Crippen LogP contribution in [0, 0.1) is 16.7 Å². The second-order valence-corrected chi connectivity index (χ2v) is 6.29. The highest BCUT2D eigenvalue weighted by Crippen LogP contribution is 2.42. The number of aliphatic carboxylic acids is 1. The molecule has 0 radical (unpaired) electrons. The van der Waals surface area contributed by atoms with Gasteiger partial charge in [-0.25, -0.2) is 0 Å². The lowest BCUT2D eigenvalue weighted by atomic mass is 9.68. The van der Waals surface area contributed by atoms with Gasteiger partial charge in [-0.1, -0.05) is 48.9 Å². The van der Waals surface area contributed by atoms with E-state index in [0.717, 1.165) is 17.5 Å². The average Bonchev–Trinajstić information content (AvgIpc) is 2.56. The molecule has 2 aromatic carbocycles. The summed E-state index contributed by atoms with van der Waals surface area (Å²) < 4.78 is 0. The number of hydrogen-bond donors (Lipinski definition) is 2. The molecule has 3 rings (SSSR count). The van der Waals surface area contributed by atoms with E-state index in [0.29, 0.717) is 18.5 Å². The summed E-state index contributed by atoms with van der Waals surface area (Å²) in [5.41, 5.74) is 0.966. The van der Waals surface area contributed by atoms with E-state index in [1.165, 1.54) is 0 Å². The Morgan fingerprint density at radius 1 is 1.04 bits per heavy atom. The van der Waals surface area contributed by atoms with Gasteiger partial charge in [-0.05, 0) is 36.1 Å². The highest BCUT2D eigenvalue weighted by Gasteiger charge is 2.51. The summed E-state index contributed by atoms with van der Waals surface area (Å²) >= 11 is 0. The van der Waals surface area contributed by atoms with Crippen molar-refractivity contribution in [2.75, 3.05) is 5.32 Å². The van der Waals surface area contributed by atoms with Crippen molar-refractivity contribution < 1.29 is 14.7 Å². The Balaban J connectivity index is 1.75. The van der Waals surface area contributed by atoms with Gasteiger partial charge in [0.2, 0.25) is 5.91 Å². The van der Waals surface area contributed by atoms with Crippen molar-refractivity contribution >= 4 is 17.6 Å². The van der Waals surface area contributed by atoms with E-state index < -0.39 is 17.3 Å². The van der Waals surface area contributed by atoms with Crippen molar-refractivity contribution in [1.29, 1.82) is 5.26 Å². The highest BCUT2D eigenvalue weighted by atomic mass is 16.4. The van der Waals surface area contributed by atoms with Gasteiger partial charge in [0.05, 0.1) is 12.0 Å². The molecule has 0 aromatic heterocycles. The molecule has 0 bridgehead atoms. The zero-order valence-corrected chi connectivity index (χ0v) is 13.6. The van der Waals surface area contributed by atoms with Gasteiger partial charge in [0.1, 0.15) is 5.41 Å². The number of benzene rings is 2. The van der Waals surface area contributed by atoms with Gasteiger partial charge in [0, 0.05) is 5.69 Å². The van der Waals surface area contributed by atoms with Crippen molar-refractivity contribution in [2.45, 2.75) is 25.2 Å². The van der Waals surface area contributed by atoms with Gasteiger partial charge in [-0.15, -0.1) is 0 Å². The fourth-order valence-electron chi connectivity index (χ4n) is 3.07. The van der Waals surface area contributed by atoms with Crippen LogP contribution >= 0.6 is 0 Å². The Bertz CT molecular complexity index is 818. The van der Waals surface area contributed by atoms with Gasteiger partial charge in [-0.3, -0.25) is 9.59 Å². The number of hydrogen-bond acceptors (Lipinski definition) is 3. The Labute approximate surface area is 145 Å². The normalized spacial score (nSPS) is 16.1. The average molecular weight is 334 g/mol. The maximum Gasteiger partial charge on any atom is 0.319 e. The minimum atomic E-state index is -1.29. The minimum Gasteiger partial charge on any atom is -0.480 e. The number of nitriles is 1. The van der Waals surface area contributed by atoms with Gasteiger partial charge < -0.3 is 10.4 Å². The molecule has 1 amide bonds. The van der Waals surface area contributed by atoms with E-state index in [-0.39, 0.29) is 5.92 Å². The molecule has 1 unspecified atom stereocenters. The Morgan fingerprint density at radius 3 is 2.12 bits per heavy atom. The second-order valence-electron chi connectivity index (χ2n) is 6.29. The van der Waals surface area contributed by atoms with Crippen LogP contribution in [0.25, 0.3) is 0 Å². The van der Waals surface area contributed by atoms with Crippen LogP contribution in [-0.2, 0) is 9.59 Å². The number of rotatable bonds is 5. The number of carboxylic acid groups (broad SMARTS) is 1. The Kier molecular flexibility index (Phi) is 4.53. The summed E-state index contributed by atoms with van der Waals surface area (Å²) in [4.78, 5) is 23.7. The fraction of sp³-hybridized carbons (Fsp3) is 0.250. The summed E-state index contributed by atoms with van der Waals surface area (Å²) in [5, 5.41) is 21.5. The molecule has 0 saturated heterocycles. The van der Waals surface area contributed by atoms with Crippen LogP contribution in [0.4, 0.5) is 5.69 Å². The molecule has 1 saturated carbocycles. The molecular weight excluding hydrogens is 316 g/mol. The molecule has 2 N–H and O–H groups in total. The third-order valence-electron chi connectivity index (χ3n) is 4.82. The third kappa shape index (κ3) is 3.11. The molecule has 0 aliphatic heterocycles. The summed E-state index contributed by atoms with van der Waals surface area (Å²) in [6.07, 6.45) is 1.49. The monoisotopic (exact) mass is 334 g/mol. The van der Waals surface area contributed by atoms with E-state index >= 15 is 0 Å². The molecular formula is C20H18N2O3. The molecule has 1 aliphatic carbocycles. The Morgan fingerprint density at radius 2 is 1.64 bits per heavy atom. The van der Waals surface area contributed by atoms with Crippen LogP contribution in [-0.4, -0.2) is 17.0 Å². The number of carbonyl (C=O) groups is 2. The molecule has 5 heteroatoms. The van der Waals surface area contributed by atoms with Gasteiger partial charge >= 0.3 is 5.97 Å². The number of carboxylic acids is 1. The van der Waals surface area contributed by atoms with Crippen LogP contribution in [0.1, 0.15) is 36.3 Å². The molecule has 0 spiro atoms. The van der Waals surface area contributed by atoms with Crippen LogP contribution in [0.3, 0.4) is 0 Å². The SMILES string of the molecule is N#CC(c1ccccc1)c1ccc(NC(=O)C2(C(=O)O)CCC2)cc1. The van der Waals surface area contributed by atoms with E-state index in [1.54, 1.807) is 24.3 Å². The molecule has 126 valence electrons. The summed E-state index contributed by atoms with van der Waals surface area (Å²) in [5.74, 6) is -1.93. The van der Waals surface area contributed by atoms with Crippen LogP contribution in [0.5, 0.6) is 0 Å². The maximum atomic E-state index is 12.3. The largest absolute Gasteiger partial charge is 0.480 e. The standard InChI is InChI=1S/C20H18N2O3/c21-13-17(14-5-2-1-3-6-14)15-7-9-16(10-8-15)22-18(23)20(19(24)25)11-4-12-20/h1-3,5-10,17H,4,11-12H2,(H,22,23)(H,24,25). The van der Waals surface area contributed by atoms with Crippen molar-refractivity contribution in [3.05, 3.63) is 65.7 Å².